The molecular formula is C8H6ClN5O2S2. The van der Waals surface area contributed by atoms with E-state index in [0.717, 1.165) is 11.8 Å². The van der Waals surface area contributed by atoms with Crippen LogP contribution in [0.3, 0.4) is 0 Å². The summed E-state index contributed by atoms with van der Waals surface area (Å²) in [4.78, 5) is 21.9. The minimum atomic E-state index is -0.605. The molecule has 0 amide bonds. The number of hydrogen-bond donors (Lipinski definition) is 0. The van der Waals surface area contributed by atoms with E-state index >= 15 is 0 Å². The second-order valence-electron chi connectivity index (χ2n) is 3.01. The van der Waals surface area contributed by atoms with Crippen LogP contribution in [0.4, 0.5) is 5.69 Å². The van der Waals surface area contributed by atoms with E-state index < -0.39 is 4.92 Å². The van der Waals surface area contributed by atoms with Crippen LogP contribution in [-0.2, 0) is 6.42 Å². The fourth-order valence-corrected chi connectivity index (χ4v) is 3.02. The van der Waals surface area contributed by atoms with Crippen LogP contribution in [0.2, 0.25) is 5.15 Å². The molecule has 0 aliphatic rings. The Morgan fingerprint density at radius 3 is 2.94 bits per heavy atom. The number of hydrogen-bond acceptors (Lipinski definition) is 8. The van der Waals surface area contributed by atoms with E-state index in [1.165, 1.54) is 17.9 Å². The summed E-state index contributed by atoms with van der Waals surface area (Å²) in [5.41, 5.74) is -0.308. The van der Waals surface area contributed by atoms with Crippen molar-refractivity contribution in [2.75, 3.05) is 0 Å². The Bertz CT molecular complexity index is 591. The number of aryl methyl sites for hydroxylation is 1. The lowest BCUT2D eigenvalue weighted by molar-refractivity contribution is -0.388. The molecule has 0 aliphatic carbocycles. The first kappa shape index (κ1) is 13.1. The molecule has 2 aromatic rings. The summed E-state index contributed by atoms with van der Waals surface area (Å²) in [6, 6.07) is 0. The second-order valence-corrected chi connectivity index (χ2v) is 5.35. The molecule has 0 atom stereocenters. The van der Waals surface area contributed by atoms with Crippen molar-refractivity contribution in [3.63, 3.8) is 0 Å². The van der Waals surface area contributed by atoms with Crippen LogP contribution in [0.15, 0.2) is 15.7 Å². The smallest absolute Gasteiger partial charge is 0.258 e. The normalized spacial score (nSPS) is 10.6. The van der Waals surface area contributed by atoms with Crippen molar-refractivity contribution in [3.8, 4) is 0 Å². The van der Waals surface area contributed by atoms with Crippen LogP contribution in [0, 0.1) is 10.1 Å². The Labute approximate surface area is 115 Å². The van der Waals surface area contributed by atoms with Crippen LogP contribution in [-0.4, -0.2) is 24.2 Å². The van der Waals surface area contributed by atoms with E-state index in [0.29, 0.717) is 16.6 Å². The number of rotatable bonds is 4. The molecule has 18 heavy (non-hydrogen) atoms. The highest BCUT2D eigenvalue weighted by atomic mass is 35.5. The van der Waals surface area contributed by atoms with Crippen LogP contribution < -0.4 is 0 Å². The first-order chi connectivity index (χ1) is 8.61. The summed E-state index contributed by atoms with van der Waals surface area (Å²) in [5.74, 6) is 0.699. The van der Waals surface area contributed by atoms with Crippen molar-refractivity contribution in [3.05, 3.63) is 27.4 Å². The minimum Gasteiger partial charge on any atom is -0.258 e. The number of aromatic nitrogens is 4. The van der Waals surface area contributed by atoms with E-state index in [1.807, 2.05) is 6.92 Å². The molecule has 2 heterocycles. The average Bonchev–Trinajstić information content (AvgIpc) is 2.76. The summed E-state index contributed by atoms with van der Waals surface area (Å²) < 4.78 is 4.68. The van der Waals surface area contributed by atoms with Crippen molar-refractivity contribution in [2.24, 2.45) is 0 Å². The van der Waals surface area contributed by atoms with E-state index in [9.17, 15) is 10.1 Å². The van der Waals surface area contributed by atoms with Gasteiger partial charge in [-0.15, -0.1) is 0 Å². The summed E-state index contributed by atoms with van der Waals surface area (Å²) >= 11 is 7.92. The highest BCUT2D eigenvalue weighted by molar-refractivity contribution is 8.01. The molecule has 0 aromatic carbocycles. The van der Waals surface area contributed by atoms with Crippen molar-refractivity contribution < 1.29 is 4.92 Å². The van der Waals surface area contributed by atoms with Gasteiger partial charge in [0.1, 0.15) is 12.2 Å². The zero-order chi connectivity index (χ0) is 13.1. The number of halogens is 1. The molecule has 0 radical (unpaired) electrons. The Morgan fingerprint density at radius 1 is 1.56 bits per heavy atom. The minimum absolute atomic E-state index is 0.166. The van der Waals surface area contributed by atoms with Gasteiger partial charge in [-0.05, 0) is 23.3 Å². The highest BCUT2D eigenvalue weighted by Gasteiger charge is 2.23. The largest absolute Gasteiger partial charge is 0.338 e. The topological polar surface area (TPSA) is 94.7 Å². The number of nitrogens with zero attached hydrogens (tertiary/aromatic N) is 5. The molecule has 2 rings (SSSR count). The molecular weight excluding hydrogens is 298 g/mol. The molecule has 10 heteroatoms. The summed E-state index contributed by atoms with van der Waals surface area (Å²) in [6.45, 7) is 1.93. The molecule has 0 saturated heterocycles. The van der Waals surface area contributed by atoms with Crippen molar-refractivity contribution >= 4 is 40.6 Å². The molecule has 2 aromatic heterocycles. The maximum atomic E-state index is 10.9. The van der Waals surface area contributed by atoms with Gasteiger partial charge in [0.15, 0.2) is 9.37 Å². The zero-order valence-electron chi connectivity index (χ0n) is 9.03. The lowest BCUT2D eigenvalue weighted by atomic mass is 10.5. The highest BCUT2D eigenvalue weighted by Crippen LogP contribution is 2.36. The summed E-state index contributed by atoms with van der Waals surface area (Å²) in [7, 11) is 0. The van der Waals surface area contributed by atoms with Gasteiger partial charge in [-0.25, -0.2) is 15.0 Å². The zero-order valence-corrected chi connectivity index (χ0v) is 11.4. The lowest BCUT2D eigenvalue weighted by Gasteiger charge is -1.99. The van der Waals surface area contributed by atoms with Gasteiger partial charge in [-0.1, -0.05) is 18.5 Å². The SMILES string of the molecule is CCc1nsc(Sc2ncnc(Cl)c2[N+](=O)[O-])n1. The van der Waals surface area contributed by atoms with Crippen LogP contribution in [0.1, 0.15) is 12.7 Å². The number of nitro groups is 1. The third-order valence-electron chi connectivity index (χ3n) is 1.88. The Morgan fingerprint density at radius 2 is 2.33 bits per heavy atom. The molecule has 0 N–H and O–H groups in total. The van der Waals surface area contributed by atoms with E-state index in [4.69, 9.17) is 11.6 Å². The third-order valence-corrected chi connectivity index (χ3v) is 3.93. The van der Waals surface area contributed by atoms with E-state index in [-0.39, 0.29) is 15.9 Å². The standard InChI is InChI=1S/C8H6ClN5O2S2/c1-2-4-12-8(18-13-4)17-7-5(14(15)16)6(9)10-3-11-7/h3H,2H2,1H3. The fourth-order valence-electron chi connectivity index (χ4n) is 1.08. The van der Waals surface area contributed by atoms with Gasteiger partial charge in [0.05, 0.1) is 4.92 Å². The van der Waals surface area contributed by atoms with E-state index in [2.05, 4.69) is 19.3 Å². The maximum absolute atomic E-state index is 10.9. The van der Waals surface area contributed by atoms with Gasteiger partial charge in [0, 0.05) is 6.42 Å². The van der Waals surface area contributed by atoms with Crippen LogP contribution in [0.25, 0.3) is 0 Å². The molecule has 0 unspecified atom stereocenters. The molecule has 0 bridgehead atoms. The quantitative estimate of drug-likeness (QED) is 0.486. The predicted molar refractivity (Wildman–Crippen MR) is 67.1 cm³/mol. The lowest BCUT2D eigenvalue weighted by Crippen LogP contribution is -1.96. The van der Waals surface area contributed by atoms with Crippen LogP contribution >= 0.6 is 34.9 Å². The van der Waals surface area contributed by atoms with Crippen molar-refractivity contribution in [2.45, 2.75) is 22.7 Å². The first-order valence-electron chi connectivity index (χ1n) is 4.77. The first-order valence-corrected chi connectivity index (χ1v) is 6.74. The van der Waals surface area contributed by atoms with Crippen LogP contribution in [0.5, 0.6) is 0 Å². The molecule has 0 fully saturated rings. The summed E-state index contributed by atoms with van der Waals surface area (Å²) in [6.07, 6.45) is 1.89. The Balaban J connectivity index is 2.34. The van der Waals surface area contributed by atoms with Gasteiger partial charge >= 0.3 is 5.69 Å². The predicted octanol–water partition coefficient (Wildman–Crippen LogP) is 2.60. The van der Waals surface area contributed by atoms with E-state index in [1.54, 1.807) is 0 Å². The fraction of sp³-hybridized carbons (Fsp3) is 0.250. The van der Waals surface area contributed by atoms with Crippen molar-refractivity contribution in [1.29, 1.82) is 0 Å². The molecule has 0 saturated carbocycles. The van der Waals surface area contributed by atoms with Gasteiger partial charge in [-0.3, -0.25) is 10.1 Å². The molecule has 0 aliphatic heterocycles. The summed E-state index contributed by atoms with van der Waals surface area (Å²) in [5, 5.41) is 10.9. The maximum Gasteiger partial charge on any atom is 0.338 e. The second kappa shape index (κ2) is 5.55. The van der Waals surface area contributed by atoms with Gasteiger partial charge in [0.2, 0.25) is 5.15 Å². The van der Waals surface area contributed by atoms with Gasteiger partial charge < -0.3 is 0 Å². The molecule has 0 spiro atoms. The van der Waals surface area contributed by atoms with Gasteiger partial charge in [0.25, 0.3) is 0 Å². The Hall–Kier alpha value is -1.32. The van der Waals surface area contributed by atoms with Crippen molar-refractivity contribution in [1.82, 2.24) is 19.3 Å². The third kappa shape index (κ3) is 2.74. The monoisotopic (exact) mass is 303 g/mol. The molecule has 94 valence electrons. The Kier molecular flexibility index (Phi) is 4.04. The average molecular weight is 304 g/mol. The van der Waals surface area contributed by atoms with Gasteiger partial charge in [-0.2, -0.15) is 4.37 Å². The molecule has 7 nitrogen and oxygen atoms in total.